The third kappa shape index (κ3) is 5.23. The minimum absolute atomic E-state index is 0.165. The van der Waals surface area contributed by atoms with E-state index in [9.17, 15) is 14.3 Å². The van der Waals surface area contributed by atoms with Crippen LogP contribution in [0.1, 0.15) is 18.1 Å². The molecule has 0 aliphatic rings. The van der Waals surface area contributed by atoms with Crippen LogP contribution in [0.2, 0.25) is 0 Å². The average Bonchev–Trinajstić information content (AvgIpc) is 2.53. The lowest BCUT2D eigenvalue weighted by molar-refractivity contribution is -0.118. The Hall–Kier alpha value is -2.66. The molecule has 0 radical (unpaired) electrons. The third-order valence-electron chi connectivity index (χ3n) is 3.10. The summed E-state index contributed by atoms with van der Waals surface area (Å²) < 4.78 is 18.5. The highest BCUT2D eigenvalue weighted by molar-refractivity contribution is 5.91. The molecule has 0 bridgehead atoms. The summed E-state index contributed by atoms with van der Waals surface area (Å²) in [5.74, 6) is -0.218. The van der Waals surface area contributed by atoms with Gasteiger partial charge >= 0.3 is 0 Å². The van der Waals surface area contributed by atoms with Crippen molar-refractivity contribution in [1.82, 2.24) is 0 Å². The Kier molecular flexibility index (Phi) is 5.88. The van der Waals surface area contributed by atoms with E-state index in [0.717, 1.165) is 0 Å². The van der Waals surface area contributed by atoms with Crippen molar-refractivity contribution in [3.8, 4) is 5.75 Å². The average molecular weight is 315 g/mol. The maximum absolute atomic E-state index is 13.1. The number of aliphatic hydroxyl groups excluding tert-OH is 1. The maximum atomic E-state index is 13.1. The predicted octanol–water partition coefficient (Wildman–Crippen LogP) is 3.45. The molecule has 0 aliphatic heterocycles. The molecule has 0 aromatic heterocycles. The molecule has 5 heteroatoms. The number of hydrogen-bond donors (Lipinski definition) is 2. The molecule has 2 aromatic rings. The van der Waals surface area contributed by atoms with E-state index in [2.05, 4.69) is 11.9 Å². The van der Waals surface area contributed by atoms with Crippen LogP contribution in [-0.4, -0.2) is 17.6 Å². The fourth-order valence-electron chi connectivity index (χ4n) is 2.04. The molecule has 2 N–H and O–H groups in total. The van der Waals surface area contributed by atoms with Crippen molar-refractivity contribution in [3.63, 3.8) is 0 Å². The van der Waals surface area contributed by atoms with Gasteiger partial charge in [0, 0.05) is 11.8 Å². The van der Waals surface area contributed by atoms with Gasteiger partial charge in [-0.05, 0) is 29.8 Å². The van der Waals surface area contributed by atoms with E-state index in [-0.39, 0.29) is 12.3 Å². The molecule has 120 valence electrons. The van der Waals surface area contributed by atoms with Crippen LogP contribution >= 0.6 is 0 Å². The Morgan fingerprint density at radius 1 is 1.30 bits per heavy atom. The zero-order valence-electron chi connectivity index (χ0n) is 12.5. The van der Waals surface area contributed by atoms with Crippen molar-refractivity contribution in [1.29, 1.82) is 0 Å². The largest absolute Gasteiger partial charge is 0.489 e. The number of nitrogens with one attached hydrogen (secondary N) is 1. The first-order valence-corrected chi connectivity index (χ1v) is 7.15. The maximum Gasteiger partial charge on any atom is 0.227 e. The van der Waals surface area contributed by atoms with Crippen molar-refractivity contribution < 1.29 is 19.0 Å². The molecule has 0 aliphatic carbocycles. The lowest BCUT2D eigenvalue weighted by atomic mass is 10.1. The molecule has 0 saturated carbocycles. The monoisotopic (exact) mass is 315 g/mol. The Morgan fingerprint density at radius 2 is 2.09 bits per heavy atom. The van der Waals surface area contributed by atoms with E-state index in [1.165, 1.54) is 18.2 Å². The van der Waals surface area contributed by atoms with Crippen LogP contribution in [0, 0.1) is 5.82 Å². The highest BCUT2D eigenvalue weighted by Gasteiger charge is 2.14. The van der Waals surface area contributed by atoms with Gasteiger partial charge in [-0.2, -0.15) is 0 Å². The normalized spacial score (nSPS) is 11.6. The summed E-state index contributed by atoms with van der Waals surface area (Å²) in [7, 11) is 0. The fourth-order valence-corrected chi connectivity index (χ4v) is 2.04. The van der Waals surface area contributed by atoms with Crippen LogP contribution in [0.15, 0.2) is 61.2 Å². The van der Waals surface area contributed by atoms with Crippen molar-refractivity contribution in [2.45, 2.75) is 12.5 Å². The van der Waals surface area contributed by atoms with Gasteiger partial charge in [-0.15, -0.1) is 0 Å². The summed E-state index contributed by atoms with van der Waals surface area (Å²) in [6, 6.07) is 12.5. The first-order chi connectivity index (χ1) is 11.1. The molecule has 0 fully saturated rings. The summed E-state index contributed by atoms with van der Waals surface area (Å²) >= 11 is 0. The Labute approximate surface area is 134 Å². The number of anilines is 1. The first kappa shape index (κ1) is 16.7. The number of aliphatic hydroxyl groups is 1. The highest BCUT2D eigenvalue weighted by atomic mass is 19.1. The molecule has 1 unspecified atom stereocenters. The summed E-state index contributed by atoms with van der Waals surface area (Å²) in [5, 5.41) is 12.7. The molecule has 2 rings (SSSR count). The number of benzene rings is 2. The van der Waals surface area contributed by atoms with E-state index in [1.807, 2.05) is 0 Å². The van der Waals surface area contributed by atoms with Gasteiger partial charge in [-0.1, -0.05) is 30.9 Å². The Morgan fingerprint density at radius 3 is 2.83 bits per heavy atom. The zero-order chi connectivity index (χ0) is 16.7. The van der Waals surface area contributed by atoms with E-state index in [4.69, 9.17) is 4.74 Å². The van der Waals surface area contributed by atoms with Gasteiger partial charge in [0.25, 0.3) is 0 Å². The third-order valence-corrected chi connectivity index (χ3v) is 3.10. The lowest BCUT2D eigenvalue weighted by Gasteiger charge is -2.12. The Balaban J connectivity index is 1.95. The number of amides is 1. The van der Waals surface area contributed by atoms with Gasteiger partial charge in [0.05, 0.1) is 12.5 Å². The van der Waals surface area contributed by atoms with Gasteiger partial charge in [0.15, 0.2) is 0 Å². The summed E-state index contributed by atoms with van der Waals surface area (Å²) in [5.41, 5.74) is 0.922. The molecule has 0 heterocycles. The summed E-state index contributed by atoms with van der Waals surface area (Å²) in [4.78, 5) is 12.0. The highest BCUT2D eigenvalue weighted by Crippen LogP contribution is 2.20. The number of rotatable bonds is 7. The minimum Gasteiger partial charge on any atom is -0.489 e. The van der Waals surface area contributed by atoms with Gasteiger partial charge in [-0.3, -0.25) is 4.79 Å². The van der Waals surface area contributed by atoms with Crippen molar-refractivity contribution in [2.24, 2.45) is 0 Å². The lowest BCUT2D eigenvalue weighted by Crippen LogP contribution is -2.15. The number of carbonyl (C=O) groups excluding carboxylic acids is 1. The molecule has 0 spiro atoms. The van der Waals surface area contributed by atoms with Crippen LogP contribution in [0.25, 0.3) is 0 Å². The number of hydrogen-bond acceptors (Lipinski definition) is 3. The molecule has 4 nitrogen and oxygen atoms in total. The zero-order valence-corrected chi connectivity index (χ0v) is 12.5. The molecular formula is C18H18FNO3. The van der Waals surface area contributed by atoms with Gasteiger partial charge in [0.2, 0.25) is 5.91 Å². The van der Waals surface area contributed by atoms with Gasteiger partial charge in [0.1, 0.15) is 18.2 Å². The molecule has 1 amide bonds. The van der Waals surface area contributed by atoms with Gasteiger partial charge < -0.3 is 15.2 Å². The van der Waals surface area contributed by atoms with Crippen molar-refractivity contribution >= 4 is 11.6 Å². The summed E-state index contributed by atoms with van der Waals surface area (Å²) in [6.07, 6.45) is 0.396. The standard InChI is InChI=1S/C18H18FNO3/c1-2-9-23-16-8-4-7-15(11-16)20-18(22)12-17(21)13-5-3-6-14(19)10-13/h2-8,10-11,17,21H,1,9,12H2,(H,20,22). The van der Waals surface area contributed by atoms with Crippen LogP contribution in [0.5, 0.6) is 5.75 Å². The van der Waals surface area contributed by atoms with Crippen molar-refractivity contribution in [2.75, 3.05) is 11.9 Å². The first-order valence-electron chi connectivity index (χ1n) is 7.15. The number of ether oxygens (including phenoxy) is 1. The second kappa shape index (κ2) is 8.10. The summed E-state index contributed by atoms with van der Waals surface area (Å²) in [6.45, 7) is 3.94. The molecule has 23 heavy (non-hydrogen) atoms. The van der Waals surface area contributed by atoms with E-state index in [0.29, 0.717) is 23.6 Å². The molecule has 2 aromatic carbocycles. The number of carbonyl (C=O) groups is 1. The minimum atomic E-state index is -1.06. The van der Waals surface area contributed by atoms with Crippen LogP contribution in [-0.2, 0) is 4.79 Å². The smallest absolute Gasteiger partial charge is 0.227 e. The Bertz CT molecular complexity index is 687. The molecule has 1 atom stereocenters. The van der Waals surface area contributed by atoms with E-state index >= 15 is 0 Å². The molecular weight excluding hydrogens is 297 g/mol. The van der Waals surface area contributed by atoms with E-state index in [1.54, 1.807) is 36.4 Å². The second-order valence-electron chi connectivity index (χ2n) is 4.95. The number of halogens is 1. The van der Waals surface area contributed by atoms with Crippen LogP contribution < -0.4 is 10.1 Å². The van der Waals surface area contributed by atoms with Gasteiger partial charge in [-0.25, -0.2) is 4.39 Å². The van der Waals surface area contributed by atoms with Crippen molar-refractivity contribution in [3.05, 3.63) is 72.6 Å². The SMILES string of the molecule is C=CCOc1cccc(NC(=O)CC(O)c2cccc(F)c2)c1. The molecule has 0 saturated heterocycles. The quantitative estimate of drug-likeness (QED) is 0.769. The predicted molar refractivity (Wildman–Crippen MR) is 86.7 cm³/mol. The van der Waals surface area contributed by atoms with E-state index < -0.39 is 11.9 Å². The topological polar surface area (TPSA) is 58.6 Å². The van der Waals surface area contributed by atoms with Crippen LogP contribution in [0.3, 0.4) is 0 Å². The fraction of sp³-hybridized carbons (Fsp3) is 0.167. The second-order valence-corrected chi connectivity index (χ2v) is 4.95. The van der Waals surface area contributed by atoms with Crippen LogP contribution in [0.4, 0.5) is 10.1 Å².